The standard InChI is InChI=1S/C20H24FN3O4S/c21-16-7-9-17(10-8-16)29(26,27)23-12-2-4-15(14-23)20(25)28-19-6-1-5-18(19)24-13-3-11-22-24/h3,7-11,13,15,18-19H,1-2,4-6,12,14H2/t15?,18-,19-/m1/s1. The maximum Gasteiger partial charge on any atom is 0.310 e. The van der Waals surface area contributed by atoms with Crippen molar-refractivity contribution in [2.75, 3.05) is 13.1 Å². The topological polar surface area (TPSA) is 81.5 Å². The zero-order valence-corrected chi connectivity index (χ0v) is 16.8. The van der Waals surface area contributed by atoms with Crippen molar-refractivity contribution in [2.24, 2.45) is 5.92 Å². The van der Waals surface area contributed by atoms with E-state index in [-0.39, 0.29) is 29.6 Å². The van der Waals surface area contributed by atoms with E-state index in [4.69, 9.17) is 4.74 Å². The molecule has 1 saturated heterocycles. The highest BCUT2D eigenvalue weighted by Crippen LogP contribution is 2.33. The number of rotatable bonds is 5. The van der Waals surface area contributed by atoms with Gasteiger partial charge in [0.15, 0.2) is 0 Å². The van der Waals surface area contributed by atoms with Crippen molar-refractivity contribution in [3.8, 4) is 0 Å². The lowest BCUT2D eigenvalue weighted by molar-refractivity contribution is -0.156. The van der Waals surface area contributed by atoms with Gasteiger partial charge in [-0.2, -0.15) is 9.40 Å². The van der Waals surface area contributed by atoms with Crippen LogP contribution in [0.25, 0.3) is 0 Å². The Morgan fingerprint density at radius 2 is 1.93 bits per heavy atom. The molecule has 1 unspecified atom stereocenters. The van der Waals surface area contributed by atoms with Crippen LogP contribution in [0.5, 0.6) is 0 Å². The van der Waals surface area contributed by atoms with E-state index in [0.29, 0.717) is 19.4 Å². The number of carbonyl (C=O) groups is 1. The molecule has 1 aliphatic heterocycles. The van der Waals surface area contributed by atoms with Crippen molar-refractivity contribution in [3.05, 3.63) is 48.5 Å². The van der Waals surface area contributed by atoms with Gasteiger partial charge in [0.05, 0.1) is 16.9 Å². The van der Waals surface area contributed by atoms with Crippen molar-refractivity contribution in [2.45, 2.75) is 49.1 Å². The van der Waals surface area contributed by atoms with E-state index >= 15 is 0 Å². The Morgan fingerprint density at radius 3 is 2.66 bits per heavy atom. The lowest BCUT2D eigenvalue weighted by atomic mass is 10.00. The van der Waals surface area contributed by atoms with Gasteiger partial charge in [0.25, 0.3) is 0 Å². The average molecular weight is 421 g/mol. The van der Waals surface area contributed by atoms with Crippen LogP contribution in [-0.4, -0.2) is 47.7 Å². The molecule has 2 aromatic rings. The third-order valence-electron chi connectivity index (χ3n) is 5.72. The lowest BCUT2D eigenvalue weighted by Crippen LogP contribution is -2.43. The summed E-state index contributed by atoms with van der Waals surface area (Å²) in [5.41, 5.74) is 0. The minimum atomic E-state index is -3.77. The molecule has 2 heterocycles. The van der Waals surface area contributed by atoms with Gasteiger partial charge >= 0.3 is 5.97 Å². The first-order valence-corrected chi connectivity index (χ1v) is 11.3. The quantitative estimate of drug-likeness (QED) is 0.694. The first-order chi connectivity index (χ1) is 13.9. The first-order valence-electron chi connectivity index (χ1n) is 9.90. The molecule has 3 atom stereocenters. The van der Waals surface area contributed by atoms with Crippen LogP contribution < -0.4 is 0 Å². The van der Waals surface area contributed by atoms with Crippen molar-refractivity contribution >= 4 is 16.0 Å². The molecular formula is C20H24FN3O4S. The Hall–Kier alpha value is -2.26. The summed E-state index contributed by atoms with van der Waals surface area (Å²) in [5, 5.41) is 4.26. The molecule has 29 heavy (non-hydrogen) atoms. The van der Waals surface area contributed by atoms with Crippen LogP contribution in [0.1, 0.15) is 38.1 Å². The number of benzene rings is 1. The van der Waals surface area contributed by atoms with Gasteiger partial charge in [-0.25, -0.2) is 12.8 Å². The van der Waals surface area contributed by atoms with E-state index in [1.54, 1.807) is 6.20 Å². The number of ether oxygens (including phenoxy) is 1. The molecule has 2 fully saturated rings. The Balaban J connectivity index is 1.43. The third kappa shape index (κ3) is 4.20. The number of halogens is 1. The Bertz CT molecular complexity index is 947. The van der Waals surface area contributed by atoms with Crippen LogP contribution in [0.3, 0.4) is 0 Å². The van der Waals surface area contributed by atoms with Gasteiger partial charge in [-0.05, 0) is 62.4 Å². The molecule has 2 aliphatic rings. The summed E-state index contributed by atoms with van der Waals surface area (Å²) in [5.74, 6) is -1.35. The Kier molecular flexibility index (Phi) is 5.69. The van der Waals surface area contributed by atoms with Gasteiger partial charge in [0.2, 0.25) is 10.0 Å². The number of aromatic nitrogens is 2. The summed E-state index contributed by atoms with van der Waals surface area (Å²) in [7, 11) is -3.77. The molecule has 0 N–H and O–H groups in total. The molecule has 7 nitrogen and oxygen atoms in total. The molecule has 1 aromatic heterocycles. The molecule has 1 aromatic carbocycles. The Labute approximate surface area is 169 Å². The maximum absolute atomic E-state index is 13.1. The smallest absolute Gasteiger partial charge is 0.310 e. The van der Waals surface area contributed by atoms with Crippen molar-refractivity contribution in [1.29, 1.82) is 0 Å². The number of sulfonamides is 1. The second-order valence-corrected chi connectivity index (χ2v) is 9.55. The Morgan fingerprint density at radius 1 is 1.14 bits per heavy atom. The summed E-state index contributed by atoms with van der Waals surface area (Å²) in [6.07, 6.45) is 7.13. The summed E-state index contributed by atoms with van der Waals surface area (Å²) in [6, 6.07) is 6.61. The summed E-state index contributed by atoms with van der Waals surface area (Å²) < 4.78 is 47.8. The summed E-state index contributed by atoms with van der Waals surface area (Å²) in [4.78, 5) is 12.8. The van der Waals surface area contributed by atoms with Crippen LogP contribution >= 0.6 is 0 Å². The molecule has 9 heteroatoms. The molecule has 1 saturated carbocycles. The highest BCUT2D eigenvalue weighted by Gasteiger charge is 2.37. The van der Waals surface area contributed by atoms with Crippen LogP contribution in [-0.2, 0) is 19.6 Å². The predicted octanol–water partition coefficient (Wildman–Crippen LogP) is 2.76. The maximum atomic E-state index is 13.1. The number of piperidine rings is 1. The minimum absolute atomic E-state index is 0.0246. The normalized spacial score (nSPS) is 25.8. The van der Waals surface area contributed by atoms with E-state index < -0.39 is 21.8 Å². The van der Waals surface area contributed by atoms with Crippen LogP contribution in [0.4, 0.5) is 4.39 Å². The molecular weight excluding hydrogens is 397 g/mol. The SMILES string of the molecule is O=C(O[C@@H]1CCC[C@H]1n1cccn1)C1CCCN(S(=O)(=O)c2ccc(F)cc2)C1. The fourth-order valence-corrected chi connectivity index (χ4v) is 5.70. The van der Waals surface area contributed by atoms with E-state index in [1.165, 1.54) is 16.4 Å². The average Bonchev–Trinajstić information content (AvgIpc) is 3.40. The van der Waals surface area contributed by atoms with E-state index in [0.717, 1.165) is 31.4 Å². The van der Waals surface area contributed by atoms with Gasteiger partial charge in [0, 0.05) is 25.5 Å². The van der Waals surface area contributed by atoms with Gasteiger partial charge < -0.3 is 4.74 Å². The highest BCUT2D eigenvalue weighted by atomic mass is 32.2. The number of hydrogen-bond donors (Lipinski definition) is 0. The molecule has 0 amide bonds. The van der Waals surface area contributed by atoms with Crippen LogP contribution in [0, 0.1) is 11.7 Å². The molecule has 1 aliphatic carbocycles. The van der Waals surface area contributed by atoms with Gasteiger partial charge in [-0.3, -0.25) is 9.48 Å². The molecule has 4 rings (SSSR count). The molecule has 156 valence electrons. The summed E-state index contributed by atoms with van der Waals surface area (Å²) in [6.45, 7) is 0.417. The molecule has 0 bridgehead atoms. The molecule has 0 radical (unpaired) electrons. The van der Waals surface area contributed by atoms with E-state index in [1.807, 2.05) is 16.9 Å². The fraction of sp³-hybridized carbons (Fsp3) is 0.500. The van der Waals surface area contributed by atoms with E-state index in [9.17, 15) is 17.6 Å². The van der Waals surface area contributed by atoms with Gasteiger partial charge in [-0.1, -0.05) is 0 Å². The van der Waals surface area contributed by atoms with Gasteiger partial charge in [0.1, 0.15) is 11.9 Å². The van der Waals surface area contributed by atoms with Gasteiger partial charge in [-0.15, -0.1) is 0 Å². The van der Waals surface area contributed by atoms with E-state index in [2.05, 4.69) is 5.10 Å². The van der Waals surface area contributed by atoms with Crippen molar-refractivity contribution in [3.63, 3.8) is 0 Å². The van der Waals surface area contributed by atoms with Crippen LogP contribution in [0.15, 0.2) is 47.6 Å². The minimum Gasteiger partial charge on any atom is -0.460 e. The molecule has 0 spiro atoms. The second kappa shape index (κ2) is 8.23. The number of hydrogen-bond acceptors (Lipinski definition) is 5. The second-order valence-electron chi connectivity index (χ2n) is 7.62. The first kappa shape index (κ1) is 20.0. The lowest BCUT2D eigenvalue weighted by Gasteiger charge is -2.32. The zero-order valence-electron chi connectivity index (χ0n) is 16.0. The van der Waals surface area contributed by atoms with Crippen molar-refractivity contribution < 1.29 is 22.3 Å². The zero-order chi connectivity index (χ0) is 20.4. The van der Waals surface area contributed by atoms with Crippen molar-refractivity contribution in [1.82, 2.24) is 14.1 Å². The highest BCUT2D eigenvalue weighted by molar-refractivity contribution is 7.89. The predicted molar refractivity (Wildman–Crippen MR) is 103 cm³/mol. The fourth-order valence-electron chi connectivity index (χ4n) is 4.18. The number of carbonyl (C=O) groups excluding carboxylic acids is 1. The third-order valence-corrected chi connectivity index (χ3v) is 7.60. The number of esters is 1. The monoisotopic (exact) mass is 421 g/mol. The number of nitrogens with zero attached hydrogens (tertiary/aromatic N) is 3. The van der Waals surface area contributed by atoms with Crippen LogP contribution in [0.2, 0.25) is 0 Å². The largest absolute Gasteiger partial charge is 0.460 e. The summed E-state index contributed by atoms with van der Waals surface area (Å²) >= 11 is 0.